The van der Waals surface area contributed by atoms with Crippen molar-refractivity contribution in [2.24, 2.45) is 0 Å². The summed E-state index contributed by atoms with van der Waals surface area (Å²) in [5.41, 5.74) is 2.38. The third-order valence-corrected chi connectivity index (χ3v) is 3.54. The number of thiophene rings is 1. The molecule has 0 N–H and O–H groups in total. The van der Waals surface area contributed by atoms with Gasteiger partial charge in [-0.3, -0.25) is 4.79 Å². The molecule has 0 aliphatic heterocycles. The molecule has 4 heteroatoms. The fraction of sp³-hybridized carbons (Fsp3) is 0.0769. The molecule has 0 unspecified atom stereocenters. The zero-order chi connectivity index (χ0) is 11.8. The van der Waals surface area contributed by atoms with E-state index in [4.69, 9.17) is 0 Å². The molecule has 0 fully saturated rings. The van der Waals surface area contributed by atoms with Gasteiger partial charge in [0.15, 0.2) is 0 Å². The largest absolute Gasteiger partial charge is 0.304 e. The third kappa shape index (κ3) is 1.66. The number of carbonyl (C=O) groups excluding carboxylic acids is 1. The summed E-state index contributed by atoms with van der Waals surface area (Å²) in [7, 11) is 0. The van der Waals surface area contributed by atoms with Gasteiger partial charge in [0.2, 0.25) is 5.78 Å². The molecule has 0 aliphatic carbocycles. The van der Waals surface area contributed by atoms with E-state index in [-0.39, 0.29) is 5.78 Å². The quantitative estimate of drug-likeness (QED) is 0.647. The van der Waals surface area contributed by atoms with Crippen LogP contribution in [-0.2, 0) is 0 Å². The Morgan fingerprint density at radius 3 is 2.88 bits per heavy atom. The second kappa shape index (κ2) is 3.82. The van der Waals surface area contributed by atoms with Crippen molar-refractivity contribution in [2.45, 2.75) is 6.92 Å². The summed E-state index contributed by atoms with van der Waals surface area (Å²) in [5.74, 6) is -0.0110. The van der Waals surface area contributed by atoms with E-state index in [0.29, 0.717) is 5.69 Å². The number of aromatic nitrogens is 2. The molecule has 0 saturated carbocycles. The molecule has 0 atom stereocenters. The molecule has 0 saturated heterocycles. The van der Waals surface area contributed by atoms with Gasteiger partial charge in [-0.1, -0.05) is 12.1 Å². The monoisotopic (exact) mass is 242 g/mol. The van der Waals surface area contributed by atoms with Crippen molar-refractivity contribution in [2.75, 3.05) is 0 Å². The Morgan fingerprint density at radius 1 is 1.29 bits per heavy atom. The van der Waals surface area contributed by atoms with Gasteiger partial charge in [-0.05, 0) is 30.5 Å². The van der Waals surface area contributed by atoms with E-state index in [1.54, 1.807) is 6.20 Å². The molecule has 0 spiro atoms. The number of hydrogen-bond donors (Lipinski definition) is 0. The van der Waals surface area contributed by atoms with E-state index in [1.807, 2.05) is 47.0 Å². The van der Waals surface area contributed by atoms with Crippen LogP contribution in [0.5, 0.6) is 0 Å². The molecule has 0 radical (unpaired) electrons. The fourth-order valence-electron chi connectivity index (χ4n) is 1.79. The Bertz CT molecular complexity index is 683. The van der Waals surface area contributed by atoms with E-state index in [1.165, 1.54) is 11.3 Å². The molecule has 3 nitrogen and oxygen atoms in total. The van der Waals surface area contributed by atoms with Crippen LogP contribution in [0.3, 0.4) is 0 Å². The van der Waals surface area contributed by atoms with Crippen molar-refractivity contribution < 1.29 is 4.79 Å². The normalized spacial score (nSPS) is 10.9. The van der Waals surface area contributed by atoms with Gasteiger partial charge in [0.05, 0.1) is 4.88 Å². The number of nitrogens with zero attached hydrogens (tertiary/aromatic N) is 2. The number of carbonyl (C=O) groups is 1. The Kier molecular flexibility index (Phi) is 2.30. The van der Waals surface area contributed by atoms with E-state index in [2.05, 4.69) is 4.98 Å². The molecule has 0 amide bonds. The maximum absolute atomic E-state index is 12.1. The van der Waals surface area contributed by atoms with Crippen molar-refractivity contribution in [1.82, 2.24) is 9.38 Å². The number of ketones is 1. The minimum atomic E-state index is -0.0110. The summed E-state index contributed by atoms with van der Waals surface area (Å²) in [4.78, 5) is 17.2. The maximum Gasteiger partial charge on any atom is 0.222 e. The van der Waals surface area contributed by atoms with Crippen LogP contribution in [0, 0.1) is 6.92 Å². The van der Waals surface area contributed by atoms with Gasteiger partial charge in [-0.15, -0.1) is 11.3 Å². The van der Waals surface area contributed by atoms with E-state index < -0.39 is 0 Å². The lowest BCUT2D eigenvalue weighted by Gasteiger charge is -1.95. The Labute approximate surface area is 102 Å². The average molecular weight is 242 g/mol. The third-order valence-electron chi connectivity index (χ3n) is 2.67. The van der Waals surface area contributed by atoms with Crippen molar-refractivity contribution >= 4 is 22.8 Å². The maximum atomic E-state index is 12.1. The van der Waals surface area contributed by atoms with Crippen LogP contribution in [0.4, 0.5) is 0 Å². The number of aryl methyl sites for hydroxylation is 1. The predicted molar refractivity (Wildman–Crippen MR) is 67.7 cm³/mol. The first-order valence-electron chi connectivity index (χ1n) is 5.28. The van der Waals surface area contributed by atoms with Gasteiger partial charge in [0, 0.05) is 11.9 Å². The number of imidazole rings is 1. The second-order valence-corrected chi connectivity index (χ2v) is 4.78. The first-order chi connectivity index (χ1) is 8.25. The summed E-state index contributed by atoms with van der Waals surface area (Å²) >= 11 is 1.44. The highest BCUT2D eigenvalue weighted by Crippen LogP contribution is 2.16. The number of rotatable bonds is 2. The molecule has 0 bridgehead atoms. The molecule has 3 aromatic rings. The second-order valence-electron chi connectivity index (χ2n) is 3.83. The SMILES string of the molecule is Cc1cccc2nc(C(=O)c3cccs3)cn12. The van der Waals surface area contributed by atoms with Crippen molar-refractivity contribution in [1.29, 1.82) is 0 Å². The van der Waals surface area contributed by atoms with Gasteiger partial charge in [0.1, 0.15) is 11.3 Å². The number of pyridine rings is 1. The van der Waals surface area contributed by atoms with Crippen LogP contribution >= 0.6 is 11.3 Å². The van der Waals surface area contributed by atoms with E-state index in [9.17, 15) is 4.79 Å². The first kappa shape index (κ1) is 10.2. The van der Waals surface area contributed by atoms with Crippen LogP contribution in [-0.4, -0.2) is 15.2 Å². The van der Waals surface area contributed by atoms with E-state index in [0.717, 1.165) is 16.2 Å². The van der Waals surface area contributed by atoms with Crippen LogP contribution in [0.25, 0.3) is 5.65 Å². The molecular weight excluding hydrogens is 232 g/mol. The highest BCUT2D eigenvalue weighted by Gasteiger charge is 2.14. The van der Waals surface area contributed by atoms with Gasteiger partial charge in [-0.25, -0.2) is 4.98 Å². The molecule has 3 rings (SSSR count). The number of fused-ring (bicyclic) bond motifs is 1. The summed E-state index contributed by atoms with van der Waals surface area (Å²) in [6.45, 7) is 1.99. The predicted octanol–water partition coefficient (Wildman–Crippen LogP) is 2.94. The van der Waals surface area contributed by atoms with Crippen LogP contribution in [0.1, 0.15) is 21.1 Å². The zero-order valence-corrected chi connectivity index (χ0v) is 10.1. The first-order valence-corrected chi connectivity index (χ1v) is 6.16. The van der Waals surface area contributed by atoms with Crippen LogP contribution in [0.2, 0.25) is 0 Å². The highest BCUT2D eigenvalue weighted by atomic mass is 32.1. The molecule has 17 heavy (non-hydrogen) atoms. The molecule has 3 heterocycles. The standard InChI is InChI=1S/C13H10N2OS/c1-9-4-2-6-12-14-10(8-15(9)12)13(16)11-5-3-7-17-11/h2-8H,1H3. The van der Waals surface area contributed by atoms with Gasteiger partial charge in [0.25, 0.3) is 0 Å². The summed E-state index contributed by atoms with van der Waals surface area (Å²) in [6, 6.07) is 9.53. The molecule has 0 aromatic carbocycles. The molecule has 3 aromatic heterocycles. The summed E-state index contributed by atoms with van der Waals surface area (Å²) in [6.07, 6.45) is 1.80. The average Bonchev–Trinajstić information content (AvgIpc) is 2.98. The van der Waals surface area contributed by atoms with Crippen molar-refractivity contribution in [3.8, 4) is 0 Å². The topological polar surface area (TPSA) is 34.4 Å². The lowest BCUT2D eigenvalue weighted by molar-refractivity contribution is 0.103. The van der Waals surface area contributed by atoms with Gasteiger partial charge >= 0.3 is 0 Å². The van der Waals surface area contributed by atoms with Gasteiger partial charge < -0.3 is 4.40 Å². The lowest BCUT2D eigenvalue weighted by atomic mass is 10.2. The summed E-state index contributed by atoms with van der Waals surface area (Å²) < 4.78 is 1.93. The van der Waals surface area contributed by atoms with E-state index >= 15 is 0 Å². The highest BCUT2D eigenvalue weighted by molar-refractivity contribution is 7.12. The minimum absolute atomic E-state index is 0.0110. The van der Waals surface area contributed by atoms with Crippen molar-refractivity contribution in [3.05, 3.63) is 58.2 Å². The molecular formula is C13H10N2OS. The minimum Gasteiger partial charge on any atom is -0.304 e. The fourth-order valence-corrected chi connectivity index (χ4v) is 2.46. The van der Waals surface area contributed by atoms with Crippen LogP contribution < -0.4 is 0 Å². The van der Waals surface area contributed by atoms with Gasteiger partial charge in [-0.2, -0.15) is 0 Å². The smallest absolute Gasteiger partial charge is 0.222 e. The Balaban J connectivity index is 2.13. The Hall–Kier alpha value is -1.94. The molecule has 84 valence electrons. The van der Waals surface area contributed by atoms with Crippen molar-refractivity contribution in [3.63, 3.8) is 0 Å². The van der Waals surface area contributed by atoms with Crippen LogP contribution in [0.15, 0.2) is 41.9 Å². The molecule has 0 aliphatic rings. The number of hydrogen-bond acceptors (Lipinski definition) is 3. The zero-order valence-electron chi connectivity index (χ0n) is 9.25. The summed E-state index contributed by atoms with van der Waals surface area (Å²) in [5, 5.41) is 1.90. The lowest BCUT2D eigenvalue weighted by Crippen LogP contribution is -1.98. The Morgan fingerprint density at radius 2 is 2.18 bits per heavy atom.